The Bertz CT molecular complexity index is 805. The van der Waals surface area contributed by atoms with Gasteiger partial charge < -0.3 is 10.5 Å². The molecule has 1 atom stereocenters. The molecule has 2 heterocycles. The SMILES string of the molecule is Cc1cc(C#Cc2nc(CCN)cc3c2OCC3C)ccc1F. The number of nitrogens with two attached hydrogens (primary N) is 1. The van der Waals surface area contributed by atoms with Crippen molar-refractivity contribution in [2.75, 3.05) is 13.2 Å². The van der Waals surface area contributed by atoms with Crippen molar-refractivity contribution in [3.8, 4) is 17.6 Å². The molecule has 3 rings (SSSR count). The Labute approximate surface area is 135 Å². The maximum atomic E-state index is 13.3. The topological polar surface area (TPSA) is 48.1 Å². The standard InChI is InChI=1S/C19H19FN2O/c1-12-9-14(3-5-17(12)20)4-6-18-19-16(13(2)11-23-19)10-15(22-18)7-8-21/h3,5,9-10,13H,7-8,11,21H2,1-2H3. The van der Waals surface area contributed by atoms with Gasteiger partial charge in [0.15, 0.2) is 11.4 Å². The number of pyridine rings is 1. The molecule has 0 aliphatic carbocycles. The van der Waals surface area contributed by atoms with E-state index in [4.69, 9.17) is 10.5 Å². The van der Waals surface area contributed by atoms with Crippen molar-refractivity contribution in [1.82, 2.24) is 4.98 Å². The van der Waals surface area contributed by atoms with Crippen LogP contribution in [0.25, 0.3) is 0 Å². The molecule has 3 nitrogen and oxygen atoms in total. The Morgan fingerprint density at radius 3 is 2.91 bits per heavy atom. The molecule has 1 aromatic carbocycles. The van der Waals surface area contributed by atoms with E-state index in [-0.39, 0.29) is 5.82 Å². The van der Waals surface area contributed by atoms with E-state index in [1.54, 1.807) is 19.1 Å². The summed E-state index contributed by atoms with van der Waals surface area (Å²) >= 11 is 0. The van der Waals surface area contributed by atoms with E-state index in [1.165, 1.54) is 6.07 Å². The lowest BCUT2D eigenvalue weighted by Crippen LogP contribution is -2.06. The molecule has 1 aromatic heterocycles. The molecule has 0 bridgehead atoms. The molecular formula is C19H19FN2O. The van der Waals surface area contributed by atoms with Gasteiger partial charge in [-0.1, -0.05) is 12.8 Å². The molecule has 1 aliphatic heterocycles. The normalized spacial score (nSPS) is 15.6. The van der Waals surface area contributed by atoms with Crippen molar-refractivity contribution in [1.29, 1.82) is 0 Å². The molecule has 23 heavy (non-hydrogen) atoms. The van der Waals surface area contributed by atoms with Crippen LogP contribution < -0.4 is 10.5 Å². The molecule has 0 saturated carbocycles. The first kappa shape index (κ1) is 15.5. The second-order valence-electron chi connectivity index (χ2n) is 5.85. The quantitative estimate of drug-likeness (QED) is 0.868. The largest absolute Gasteiger partial charge is 0.490 e. The first-order chi connectivity index (χ1) is 11.1. The van der Waals surface area contributed by atoms with E-state index in [0.29, 0.717) is 36.7 Å². The number of ether oxygens (including phenoxy) is 1. The molecule has 0 fully saturated rings. The summed E-state index contributed by atoms with van der Waals surface area (Å²) in [5, 5.41) is 0. The van der Waals surface area contributed by atoms with E-state index >= 15 is 0 Å². The Morgan fingerprint density at radius 1 is 1.35 bits per heavy atom. The maximum Gasteiger partial charge on any atom is 0.157 e. The van der Waals surface area contributed by atoms with E-state index in [0.717, 1.165) is 22.6 Å². The first-order valence-corrected chi connectivity index (χ1v) is 7.73. The van der Waals surface area contributed by atoms with Gasteiger partial charge in [0.1, 0.15) is 5.82 Å². The molecule has 0 amide bonds. The molecule has 1 unspecified atom stereocenters. The van der Waals surface area contributed by atoms with Gasteiger partial charge >= 0.3 is 0 Å². The summed E-state index contributed by atoms with van der Waals surface area (Å²) in [5.41, 5.74) is 9.69. The van der Waals surface area contributed by atoms with Gasteiger partial charge in [0.05, 0.1) is 6.61 Å². The fraction of sp³-hybridized carbons (Fsp3) is 0.316. The van der Waals surface area contributed by atoms with Gasteiger partial charge in [-0.25, -0.2) is 9.37 Å². The summed E-state index contributed by atoms with van der Waals surface area (Å²) in [7, 11) is 0. The number of hydrogen-bond acceptors (Lipinski definition) is 3. The van der Waals surface area contributed by atoms with Crippen molar-refractivity contribution in [3.63, 3.8) is 0 Å². The highest BCUT2D eigenvalue weighted by Crippen LogP contribution is 2.36. The second kappa shape index (κ2) is 6.39. The molecule has 2 N–H and O–H groups in total. The van der Waals surface area contributed by atoms with Crippen LogP contribution >= 0.6 is 0 Å². The van der Waals surface area contributed by atoms with Crippen LogP contribution in [0.15, 0.2) is 24.3 Å². The van der Waals surface area contributed by atoms with E-state index < -0.39 is 0 Å². The van der Waals surface area contributed by atoms with Gasteiger partial charge in [0, 0.05) is 29.2 Å². The fourth-order valence-electron chi connectivity index (χ4n) is 2.64. The van der Waals surface area contributed by atoms with Crippen LogP contribution in [0.5, 0.6) is 5.75 Å². The molecule has 1 aliphatic rings. The molecule has 0 radical (unpaired) electrons. The van der Waals surface area contributed by atoms with Crippen molar-refractivity contribution in [2.45, 2.75) is 26.2 Å². The Kier molecular flexibility index (Phi) is 4.31. The number of aromatic nitrogens is 1. The molecule has 0 saturated heterocycles. The summed E-state index contributed by atoms with van der Waals surface area (Å²) in [6.45, 7) is 5.04. The summed E-state index contributed by atoms with van der Waals surface area (Å²) in [4.78, 5) is 4.57. The van der Waals surface area contributed by atoms with Crippen molar-refractivity contribution >= 4 is 0 Å². The van der Waals surface area contributed by atoms with Gasteiger partial charge in [0.25, 0.3) is 0 Å². The van der Waals surface area contributed by atoms with Gasteiger partial charge in [0.2, 0.25) is 0 Å². The Hall–Kier alpha value is -2.38. The number of hydrogen-bond donors (Lipinski definition) is 1. The monoisotopic (exact) mass is 310 g/mol. The lowest BCUT2D eigenvalue weighted by Gasteiger charge is -2.06. The van der Waals surface area contributed by atoms with Crippen LogP contribution in [0.4, 0.5) is 4.39 Å². The minimum atomic E-state index is -0.225. The zero-order chi connectivity index (χ0) is 16.4. The minimum absolute atomic E-state index is 0.225. The van der Waals surface area contributed by atoms with Crippen LogP contribution in [-0.4, -0.2) is 18.1 Å². The lowest BCUT2D eigenvalue weighted by atomic mass is 10.0. The number of benzene rings is 1. The number of fused-ring (bicyclic) bond motifs is 1. The van der Waals surface area contributed by atoms with Gasteiger partial charge in [-0.15, -0.1) is 0 Å². The lowest BCUT2D eigenvalue weighted by molar-refractivity contribution is 0.335. The maximum absolute atomic E-state index is 13.3. The average molecular weight is 310 g/mol. The highest BCUT2D eigenvalue weighted by atomic mass is 19.1. The number of rotatable bonds is 2. The van der Waals surface area contributed by atoms with Gasteiger partial charge in [-0.2, -0.15) is 0 Å². The third kappa shape index (κ3) is 3.20. The fourth-order valence-corrected chi connectivity index (χ4v) is 2.64. The number of halogens is 1. The Balaban J connectivity index is 2.01. The van der Waals surface area contributed by atoms with Crippen LogP contribution in [-0.2, 0) is 6.42 Å². The van der Waals surface area contributed by atoms with Crippen LogP contribution in [0.1, 0.15) is 40.9 Å². The zero-order valence-electron chi connectivity index (χ0n) is 13.3. The van der Waals surface area contributed by atoms with Crippen molar-refractivity contribution < 1.29 is 9.13 Å². The molecule has 2 aromatic rings. The molecule has 4 heteroatoms. The van der Waals surface area contributed by atoms with Crippen LogP contribution in [0.3, 0.4) is 0 Å². The predicted molar refractivity (Wildman–Crippen MR) is 88.0 cm³/mol. The highest BCUT2D eigenvalue weighted by molar-refractivity contribution is 5.53. The summed E-state index contributed by atoms with van der Waals surface area (Å²) in [5.74, 6) is 7.00. The van der Waals surface area contributed by atoms with Crippen LogP contribution in [0, 0.1) is 24.6 Å². The number of nitrogens with zero attached hydrogens (tertiary/aromatic N) is 1. The molecular weight excluding hydrogens is 291 g/mol. The van der Waals surface area contributed by atoms with Gasteiger partial charge in [-0.05, 0) is 49.2 Å². The predicted octanol–water partition coefficient (Wildman–Crippen LogP) is 2.93. The summed E-state index contributed by atoms with van der Waals surface area (Å²) in [6, 6.07) is 6.90. The summed E-state index contributed by atoms with van der Waals surface area (Å²) < 4.78 is 19.1. The molecule has 118 valence electrons. The second-order valence-corrected chi connectivity index (χ2v) is 5.85. The van der Waals surface area contributed by atoms with Gasteiger partial charge in [-0.3, -0.25) is 0 Å². The smallest absolute Gasteiger partial charge is 0.157 e. The summed E-state index contributed by atoms with van der Waals surface area (Å²) in [6.07, 6.45) is 0.713. The highest BCUT2D eigenvalue weighted by Gasteiger charge is 2.24. The van der Waals surface area contributed by atoms with Crippen molar-refractivity contribution in [3.05, 3.63) is 58.2 Å². The minimum Gasteiger partial charge on any atom is -0.490 e. The average Bonchev–Trinajstić information content (AvgIpc) is 2.90. The van der Waals surface area contributed by atoms with Crippen molar-refractivity contribution in [2.24, 2.45) is 5.73 Å². The zero-order valence-corrected chi connectivity index (χ0v) is 13.3. The van der Waals surface area contributed by atoms with E-state index in [9.17, 15) is 4.39 Å². The third-order valence-electron chi connectivity index (χ3n) is 3.95. The van der Waals surface area contributed by atoms with E-state index in [1.807, 2.05) is 0 Å². The van der Waals surface area contributed by atoms with E-state index in [2.05, 4.69) is 29.8 Å². The number of aryl methyl sites for hydroxylation is 1. The molecule has 0 spiro atoms. The first-order valence-electron chi connectivity index (χ1n) is 7.73. The third-order valence-corrected chi connectivity index (χ3v) is 3.95. The Morgan fingerprint density at radius 2 is 2.17 bits per heavy atom. The van der Waals surface area contributed by atoms with Crippen LogP contribution in [0.2, 0.25) is 0 Å².